The minimum absolute atomic E-state index is 0.118. The fraction of sp³-hybridized carbons (Fsp3) is 0.333. The first-order valence-electron chi connectivity index (χ1n) is 7.12. The Kier molecular flexibility index (Phi) is 5.67. The van der Waals surface area contributed by atoms with Crippen LogP contribution in [0.5, 0.6) is 5.75 Å². The van der Waals surface area contributed by atoms with E-state index in [1.54, 1.807) is 38.1 Å². The number of rotatable bonds is 7. The van der Waals surface area contributed by atoms with Gasteiger partial charge in [0.2, 0.25) is 0 Å². The van der Waals surface area contributed by atoms with Crippen LogP contribution in [0.4, 0.5) is 0 Å². The molecule has 122 valence electrons. The maximum atomic E-state index is 11.8. The first kappa shape index (κ1) is 16.5. The number of H-pyrrole nitrogens is 1. The molecule has 0 aliphatic carbocycles. The van der Waals surface area contributed by atoms with E-state index in [0.717, 1.165) is 0 Å². The highest BCUT2D eigenvalue weighted by molar-refractivity contribution is 5.93. The molecule has 0 aliphatic heterocycles. The van der Waals surface area contributed by atoms with Crippen molar-refractivity contribution in [2.24, 2.45) is 0 Å². The summed E-state index contributed by atoms with van der Waals surface area (Å²) in [5.74, 6) is -0.473. The lowest BCUT2D eigenvalue weighted by Gasteiger charge is -2.06. The van der Waals surface area contributed by atoms with Gasteiger partial charge in [0.05, 0.1) is 13.2 Å². The highest BCUT2D eigenvalue weighted by atomic mass is 16.6. The zero-order chi connectivity index (χ0) is 16.7. The smallest absolute Gasteiger partial charge is 0.361 e. The van der Waals surface area contributed by atoms with Gasteiger partial charge < -0.3 is 14.2 Å². The second kappa shape index (κ2) is 7.92. The van der Waals surface area contributed by atoms with Gasteiger partial charge in [-0.3, -0.25) is 0 Å². The predicted molar refractivity (Wildman–Crippen MR) is 79.9 cm³/mol. The van der Waals surface area contributed by atoms with Gasteiger partial charge in [-0.25, -0.2) is 9.59 Å². The van der Waals surface area contributed by atoms with Gasteiger partial charge in [-0.05, 0) is 38.1 Å². The van der Waals surface area contributed by atoms with Crippen LogP contribution in [0.3, 0.4) is 0 Å². The van der Waals surface area contributed by atoms with Crippen LogP contribution in [-0.4, -0.2) is 47.2 Å². The summed E-state index contributed by atoms with van der Waals surface area (Å²) in [7, 11) is 0. The van der Waals surface area contributed by atoms with Crippen molar-refractivity contribution < 1.29 is 23.8 Å². The summed E-state index contributed by atoms with van der Waals surface area (Å²) in [5.41, 5.74) is 1.18. The maximum Gasteiger partial charge on any atom is 0.361 e. The second-order valence-electron chi connectivity index (χ2n) is 4.36. The van der Waals surface area contributed by atoms with E-state index < -0.39 is 11.9 Å². The van der Waals surface area contributed by atoms with Crippen LogP contribution < -0.4 is 4.74 Å². The number of nitrogens with one attached hydrogen (secondary N) is 1. The topological polar surface area (TPSA) is 103 Å². The molecule has 0 saturated carbocycles. The predicted octanol–water partition coefficient (Wildman–Crippen LogP) is 1.59. The first-order valence-corrected chi connectivity index (χ1v) is 7.12. The molecule has 0 fully saturated rings. The molecule has 1 aromatic heterocycles. The van der Waals surface area contributed by atoms with Crippen LogP contribution in [0, 0.1) is 0 Å². The van der Waals surface area contributed by atoms with Crippen LogP contribution in [0.25, 0.3) is 11.3 Å². The number of nitrogens with zero attached hydrogens (tertiary/aromatic N) is 2. The molecule has 0 unspecified atom stereocenters. The van der Waals surface area contributed by atoms with Gasteiger partial charge in [-0.15, -0.1) is 5.10 Å². The lowest BCUT2D eigenvalue weighted by Crippen LogP contribution is -2.14. The van der Waals surface area contributed by atoms with E-state index in [2.05, 4.69) is 15.4 Å². The Hall–Kier alpha value is -2.90. The molecule has 2 rings (SSSR count). The zero-order valence-electron chi connectivity index (χ0n) is 12.9. The van der Waals surface area contributed by atoms with Crippen molar-refractivity contribution in [2.45, 2.75) is 13.8 Å². The van der Waals surface area contributed by atoms with Crippen molar-refractivity contribution >= 4 is 11.9 Å². The number of carbonyl (C=O) groups is 2. The largest absolute Gasteiger partial charge is 0.482 e. The Morgan fingerprint density at radius 2 is 1.74 bits per heavy atom. The molecule has 8 nitrogen and oxygen atoms in total. The third-order valence-corrected chi connectivity index (χ3v) is 2.81. The quantitative estimate of drug-likeness (QED) is 0.773. The van der Waals surface area contributed by atoms with Gasteiger partial charge >= 0.3 is 11.9 Å². The van der Waals surface area contributed by atoms with Crippen molar-refractivity contribution in [3.05, 3.63) is 30.0 Å². The van der Waals surface area contributed by atoms with Gasteiger partial charge in [0, 0.05) is 5.56 Å². The average molecular weight is 319 g/mol. The highest BCUT2D eigenvalue weighted by Crippen LogP contribution is 2.23. The van der Waals surface area contributed by atoms with Crippen molar-refractivity contribution in [1.82, 2.24) is 15.4 Å². The monoisotopic (exact) mass is 319 g/mol. The summed E-state index contributed by atoms with van der Waals surface area (Å²) in [6.07, 6.45) is 0. The minimum Gasteiger partial charge on any atom is -0.482 e. The van der Waals surface area contributed by atoms with E-state index >= 15 is 0 Å². The number of hydrogen-bond acceptors (Lipinski definition) is 7. The average Bonchev–Trinajstić information content (AvgIpc) is 3.04. The Labute approximate surface area is 132 Å². The number of aromatic nitrogens is 3. The first-order chi connectivity index (χ1) is 11.2. The van der Waals surface area contributed by atoms with Crippen molar-refractivity contribution in [3.8, 4) is 17.0 Å². The third kappa shape index (κ3) is 4.29. The second-order valence-corrected chi connectivity index (χ2v) is 4.36. The standard InChI is InChI=1S/C15H17N3O5/c1-3-21-12(19)9-23-11-7-5-10(6-8-11)13-14(17-18-16-13)15(20)22-4-2/h5-8H,3-4,9H2,1-2H3,(H,16,17,18). The number of hydrogen-bond donors (Lipinski definition) is 1. The van der Waals surface area contributed by atoms with E-state index in [1.807, 2.05) is 0 Å². The number of benzene rings is 1. The molecule has 0 bridgehead atoms. The van der Waals surface area contributed by atoms with Gasteiger partial charge in [0.25, 0.3) is 0 Å². The molecule has 1 N–H and O–H groups in total. The Balaban J connectivity index is 2.07. The van der Waals surface area contributed by atoms with E-state index in [4.69, 9.17) is 14.2 Å². The minimum atomic E-state index is -0.543. The molecule has 0 amide bonds. The molecular weight excluding hydrogens is 302 g/mol. The summed E-state index contributed by atoms with van der Waals surface area (Å²) in [6, 6.07) is 6.75. The van der Waals surface area contributed by atoms with Crippen molar-refractivity contribution in [1.29, 1.82) is 0 Å². The summed E-state index contributed by atoms with van der Waals surface area (Å²) in [4.78, 5) is 23.0. The number of carbonyl (C=O) groups excluding carboxylic acids is 2. The van der Waals surface area contributed by atoms with E-state index in [9.17, 15) is 9.59 Å². The fourth-order valence-corrected chi connectivity index (χ4v) is 1.83. The van der Waals surface area contributed by atoms with Crippen molar-refractivity contribution in [3.63, 3.8) is 0 Å². The molecule has 2 aromatic rings. The van der Waals surface area contributed by atoms with Crippen LogP contribution in [0.2, 0.25) is 0 Å². The molecule has 0 radical (unpaired) electrons. The van der Waals surface area contributed by atoms with Gasteiger partial charge in [0.1, 0.15) is 11.4 Å². The summed E-state index contributed by atoms with van der Waals surface area (Å²) in [6.45, 7) is 3.85. The normalized spacial score (nSPS) is 10.2. The van der Waals surface area contributed by atoms with Gasteiger partial charge in [-0.2, -0.15) is 10.3 Å². The van der Waals surface area contributed by atoms with E-state index in [0.29, 0.717) is 23.6 Å². The lowest BCUT2D eigenvalue weighted by molar-refractivity contribution is -0.145. The highest BCUT2D eigenvalue weighted by Gasteiger charge is 2.18. The fourth-order valence-electron chi connectivity index (χ4n) is 1.83. The molecule has 0 saturated heterocycles. The van der Waals surface area contributed by atoms with Crippen LogP contribution in [-0.2, 0) is 14.3 Å². The maximum absolute atomic E-state index is 11.8. The number of esters is 2. The Bertz CT molecular complexity index is 666. The molecule has 8 heteroatoms. The van der Waals surface area contributed by atoms with Crippen LogP contribution in [0.1, 0.15) is 24.3 Å². The molecule has 23 heavy (non-hydrogen) atoms. The Morgan fingerprint density at radius 1 is 1.04 bits per heavy atom. The van der Waals surface area contributed by atoms with Gasteiger partial charge in [-0.1, -0.05) is 0 Å². The lowest BCUT2D eigenvalue weighted by atomic mass is 10.1. The molecule has 0 aliphatic rings. The number of ether oxygens (including phenoxy) is 3. The van der Waals surface area contributed by atoms with E-state index in [-0.39, 0.29) is 18.9 Å². The molecule has 1 aromatic carbocycles. The van der Waals surface area contributed by atoms with Crippen LogP contribution >= 0.6 is 0 Å². The SMILES string of the molecule is CCOC(=O)COc1ccc(-c2n[nH]nc2C(=O)OCC)cc1. The van der Waals surface area contributed by atoms with E-state index in [1.165, 1.54) is 0 Å². The summed E-state index contributed by atoms with van der Waals surface area (Å²) < 4.78 is 15.0. The third-order valence-electron chi connectivity index (χ3n) is 2.81. The molecular formula is C15H17N3O5. The molecule has 0 spiro atoms. The summed E-state index contributed by atoms with van der Waals surface area (Å²) in [5, 5.41) is 10.2. The van der Waals surface area contributed by atoms with Crippen LogP contribution in [0.15, 0.2) is 24.3 Å². The summed E-state index contributed by atoms with van der Waals surface area (Å²) >= 11 is 0. The molecule has 1 heterocycles. The molecule has 0 atom stereocenters. The van der Waals surface area contributed by atoms with Crippen molar-refractivity contribution in [2.75, 3.05) is 19.8 Å². The Morgan fingerprint density at radius 3 is 2.39 bits per heavy atom. The zero-order valence-corrected chi connectivity index (χ0v) is 12.9. The van der Waals surface area contributed by atoms with Gasteiger partial charge in [0.15, 0.2) is 12.3 Å². The number of aromatic amines is 1.